The van der Waals surface area contributed by atoms with E-state index in [4.69, 9.17) is 9.47 Å². The maximum absolute atomic E-state index is 11.8. The molecule has 1 fully saturated rings. The average Bonchev–Trinajstić information content (AvgIpc) is 2.51. The molecule has 0 saturated heterocycles. The third-order valence-corrected chi connectivity index (χ3v) is 3.68. The van der Waals surface area contributed by atoms with Gasteiger partial charge < -0.3 is 24.8 Å². The van der Waals surface area contributed by atoms with E-state index in [0.29, 0.717) is 12.8 Å². The maximum atomic E-state index is 11.8. The van der Waals surface area contributed by atoms with E-state index in [-0.39, 0.29) is 11.9 Å². The van der Waals surface area contributed by atoms with Crippen molar-refractivity contribution in [1.29, 1.82) is 0 Å². The highest BCUT2D eigenvalue weighted by Gasteiger charge is 2.38. The molecule has 6 nitrogen and oxygen atoms in total. The summed E-state index contributed by atoms with van der Waals surface area (Å²) < 4.78 is 10.3. The van der Waals surface area contributed by atoms with Gasteiger partial charge in [0.25, 0.3) is 0 Å². The molecule has 1 aliphatic carbocycles. The first-order valence-electron chi connectivity index (χ1n) is 7.06. The quantitative estimate of drug-likeness (QED) is 0.564. The lowest BCUT2D eigenvalue weighted by atomic mass is 9.89. The normalized spacial score (nSPS) is 28.7. The van der Waals surface area contributed by atoms with Crippen LogP contribution < -0.4 is 0 Å². The smallest absolute Gasteiger partial charge is 0.331 e. The number of benzene rings is 1. The molecule has 0 unspecified atom stereocenters. The average molecular weight is 308 g/mol. The van der Waals surface area contributed by atoms with Crippen molar-refractivity contribution in [1.82, 2.24) is 0 Å². The third-order valence-electron chi connectivity index (χ3n) is 3.68. The fourth-order valence-corrected chi connectivity index (χ4v) is 2.40. The number of rotatable bonds is 4. The van der Waals surface area contributed by atoms with Crippen LogP contribution in [0.25, 0.3) is 6.08 Å². The van der Waals surface area contributed by atoms with Gasteiger partial charge >= 0.3 is 5.97 Å². The molecule has 1 aromatic rings. The SMILES string of the molecule is CO[C@H]1C[C@H](O)[C@@H](O)[C@H](OC(=O)/C=C/c2ccc(O)cc2)C1. The Morgan fingerprint density at radius 1 is 1.23 bits per heavy atom. The van der Waals surface area contributed by atoms with E-state index in [1.807, 2.05) is 0 Å². The molecular formula is C16H20O6. The molecule has 0 aliphatic heterocycles. The van der Waals surface area contributed by atoms with Crippen LogP contribution in [0.5, 0.6) is 5.75 Å². The Balaban J connectivity index is 1.94. The lowest BCUT2D eigenvalue weighted by molar-refractivity contribution is -0.168. The van der Waals surface area contributed by atoms with Crippen molar-refractivity contribution < 1.29 is 29.6 Å². The first kappa shape index (κ1) is 16.5. The van der Waals surface area contributed by atoms with Gasteiger partial charge in [0.05, 0.1) is 12.2 Å². The van der Waals surface area contributed by atoms with Gasteiger partial charge in [-0.05, 0) is 23.8 Å². The molecule has 4 atom stereocenters. The molecule has 3 N–H and O–H groups in total. The van der Waals surface area contributed by atoms with E-state index in [2.05, 4.69) is 0 Å². The lowest BCUT2D eigenvalue weighted by Gasteiger charge is -2.35. The predicted molar refractivity (Wildman–Crippen MR) is 79.1 cm³/mol. The van der Waals surface area contributed by atoms with Gasteiger partial charge in [0.1, 0.15) is 18.0 Å². The van der Waals surface area contributed by atoms with E-state index in [1.165, 1.54) is 25.3 Å². The van der Waals surface area contributed by atoms with Crippen molar-refractivity contribution in [3.63, 3.8) is 0 Å². The Kier molecular flexibility index (Phi) is 5.54. The summed E-state index contributed by atoms with van der Waals surface area (Å²) in [5, 5.41) is 28.8. The van der Waals surface area contributed by atoms with Crippen LogP contribution in [0.15, 0.2) is 30.3 Å². The van der Waals surface area contributed by atoms with Crippen molar-refractivity contribution in [2.75, 3.05) is 7.11 Å². The highest BCUT2D eigenvalue weighted by molar-refractivity contribution is 5.87. The largest absolute Gasteiger partial charge is 0.508 e. The van der Waals surface area contributed by atoms with Crippen LogP contribution in [-0.2, 0) is 14.3 Å². The molecule has 2 rings (SSSR count). The van der Waals surface area contributed by atoms with Crippen LogP contribution in [-0.4, -0.2) is 52.8 Å². The van der Waals surface area contributed by atoms with E-state index in [0.717, 1.165) is 5.56 Å². The van der Waals surface area contributed by atoms with Crippen LogP contribution in [0.2, 0.25) is 0 Å². The number of carbonyl (C=O) groups excluding carboxylic acids is 1. The fraction of sp³-hybridized carbons (Fsp3) is 0.438. The zero-order valence-electron chi connectivity index (χ0n) is 12.3. The Morgan fingerprint density at radius 2 is 1.91 bits per heavy atom. The predicted octanol–water partition coefficient (Wildman–Crippen LogP) is 0.848. The van der Waals surface area contributed by atoms with Gasteiger partial charge in [-0.25, -0.2) is 4.79 Å². The lowest BCUT2D eigenvalue weighted by Crippen LogP contribution is -2.48. The molecule has 0 radical (unpaired) electrons. The second-order valence-corrected chi connectivity index (χ2v) is 5.29. The molecule has 0 amide bonds. The molecule has 1 aromatic carbocycles. The van der Waals surface area contributed by atoms with Gasteiger partial charge in [0.15, 0.2) is 0 Å². The number of aromatic hydroxyl groups is 1. The third kappa shape index (κ3) is 4.30. The summed E-state index contributed by atoms with van der Waals surface area (Å²) in [6.07, 6.45) is 0.295. The molecule has 6 heteroatoms. The first-order valence-corrected chi connectivity index (χ1v) is 7.06. The zero-order chi connectivity index (χ0) is 16.1. The van der Waals surface area contributed by atoms with E-state index in [9.17, 15) is 20.1 Å². The first-order chi connectivity index (χ1) is 10.5. The van der Waals surface area contributed by atoms with Crippen molar-refractivity contribution in [3.8, 4) is 5.75 Å². The van der Waals surface area contributed by atoms with Crippen molar-refractivity contribution in [2.24, 2.45) is 0 Å². The number of aliphatic hydroxyl groups is 2. The monoisotopic (exact) mass is 308 g/mol. The van der Waals surface area contributed by atoms with E-state index >= 15 is 0 Å². The van der Waals surface area contributed by atoms with Gasteiger partial charge in [0, 0.05) is 26.0 Å². The standard InChI is InChI=1S/C16H20O6/c1-21-12-8-13(18)16(20)14(9-12)22-15(19)7-4-10-2-5-11(17)6-3-10/h2-7,12-14,16-18,20H,8-9H2,1H3/b7-4+/t12-,13-,14+,16+/m0/s1. The number of methoxy groups -OCH3 is 1. The molecule has 120 valence electrons. The summed E-state index contributed by atoms with van der Waals surface area (Å²) in [5.41, 5.74) is 0.730. The molecule has 1 aliphatic rings. The molecule has 0 heterocycles. The van der Waals surface area contributed by atoms with Gasteiger partial charge in [-0.1, -0.05) is 12.1 Å². The summed E-state index contributed by atoms with van der Waals surface area (Å²) in [6, 6.07) is 6.32. The maximum Gasteiger partial charge on any atom is 0.331 e. The molecule has 0 aromatic heterocycles. The number of ether oxygens (including phenoxy) is 2. The number of hydrogen-bond acceptors (Lipinski definition) is 6. The number of phenols is 1. The van der Waals surface area contributed by atoms with Gasteiger partial charge in [-0.3, -0.25) is 0 Å². The minimum atomic E-state index is -1.11. The summed E-state index contributed by atoms with van der Waals surface area (Å²) >= 11 is 0. The van der Waals surface area contributed by atoms with E-state index in [1.54, 1.807) is 18.2 Å². The minimum absolute atomic E-state index is 0.143. The fourth-order valence-electron chi connectivity index (χ4n) is 2.40. The minimum Gasteiger partial charge on any atom is -0.508 e. The summed E-state index contributed by atoms with van der Waals surface area (Å²) in [5.74, 6) is -0.467. The molecule has 22 heavy (non-hydrogen) atoms. The van der Waals surface area contributed by atoms with Crippen molar-refractivity contribution >= 4 is 12.0 Å². The van der Waals surface area contributed by atoms with E-state index < -0.39 is 24.3 Å². The zero-order valence-corrected chi connectivity index (χ0v) is 12.3. The second-order valence-electron chi connectivity index (χ2n) is 5.29. The number of aliphatic hydroxyl groups excluding tert-OH is 2. The topological polar surface area (TPSA) is 96.2 Å². The molecule has 0 spiro atoms. The van der Waals surface area contributed by atoms with Crippen LogP contribution in [0, 0.1) is 0 Å². The molecule has 0 bridgehead atoms. The highest BCUT2D eigenvalue weighted by atomic mass is 16.6. The van der Waals surface area contributed by atoms with Crippen molar-refractivity contribution in [3.05, 3.63) is 35.9 Å². The van der Waals surface area contributed by atoms with Gasteiger partial charge in [0.2, 0.25) is 0 Å². The molecule has 1 saturated carbocycles. The number of hydrogen-bond donors (Lipinski definition) is 3. The number of carbonyl (C=O) groups is 1. The van der Waals surface area contributed by atoms with Crippen molar-refractivity contribution in [2.45, 2.75) is 37.3 Å². The van der Waals surface area contributed by atoms with Gasteiger partial charge in [-0.15, -0.1) is 0 Å². The Bertz CT molecular complexity index is 524. The Labute approximate surface area is 128 Å². The number of phenolic OH excluding ortho intramolecular Hbond substituents is 1. The highest BCUT2D eigenvalue weighted by Crippen LogP contribution is 2.24. The summed E-state index contributed by atoms with van der Waals surface area (Å²) in [7, 11) is 1.51. The summed E-state index contributed by atoms with van der Waals surface area (Å²) in [4.78, 5) is 11.8. The van der Waals surface area contributed by atoms with Crippen LogP contribution in [0.1, 0.15) is 18.4 Å². The Morgan fingerprint density at radius 3 is 2.55 bits per heavy atom. The second kappa shape index (κ2) is 7.40. The van der Waals surface area contributed by atoms with Crippen LogP contribution >= 0.6 is 0 Å². The Hall–Kier alpha value is -1.89. The van der Waals surface area contributed by atoms with Gasteiger partial charge in [-0.2, -0.15) is 0 Å². The molecular weight excluding hydrogens is 288 g/mol. The van der Waals surface area contributed by atoms with Crippen LogP contribution in [0.3, 0.4) is 0 Å². The summed E-state index contributed by atoms with van der Waals surface area (Å²) in [6.45, 7) is 0. The van der Waals surface area contributed by atoms with Crippen LogP contribution in [0.4, 0.5) is 0 Å². The number of esters is 1.